The minimum Gasteiger partial charge on any atom is -0.543 e. The van der Waals surface area contributed by atoms with Crippen LogP contribution in [0, 0.1) is 0 Å². The number of allylic oxidation sites excluding steroid dienone is 1. The molecule has 0 spiro atoms. The molecule has 0 N–H and O–H groups in total. The summed E-state index contributed by atoms with van der Waals surface area (Å²) >= 11 is 0. The predicted octanol–water partition coefficient (Wildman–Crippen LogP) is 6.41. The maximum absolute atomic E-state index is 6.50. The molecule has 0 aliphatic carbocycles. The molecule has 0 saturated carbocycles. The normalized spacial score (nSPS) is 12.6. The highest BCUT2D eigenvalue weighted by atomic mass is 28.4. The van der Waals surface area contributed by atoms with Crippen molar-refractivity contribution >= 4 is 14.4 Å². The molecule has 21 heavy (non-hydrogen) atoms. The van der Waals surface area contributed by atoms with Gasteiger partial charge in [0.2, 0.25) is 0 Å². The molecule has 0 saturated heterocycles. The first-order valence-electron chi connectivity index (χ1n) is 7.91. The van der Waals surface area contributed by atoms with Gasteiger partial charge in [0.25, 0.3) is 8.32 Å². The summed E-state index contributed by atoms with van der Waals surface area (Å²) in [6, 6.07) is 10.3. The summed E-state index contributed by atoms with van der Waals surface area (Å²) in [5.41, 5.74) is 2.88. The van der Waals surface area contributed by atoms with Gasteiger partial charge in [0.15, 0.2) is 0 Å². The molecule has 116 valence electrons. The van der Waals surface area contributed by atoms with Crippen LogP contribution in [0.1, 0.15) is 47.1 Å². The second-order valence-corrected chi connectivity index (χ2v) is 12.0. The van der Waals surface area contributed by atoms with Gasteiger partial charge in [0.1, 0.15) is 0 Å². The zero-order chi connectivity index (χ0) is 16.0. The number of rotatable bonds is 7. The first-order chi connectivity index (χ1) is 9.80. The van der Waals surface area contributed by atoms with Crippen LogP contribution >= 0.6 is 0 Å². The van der Waals surface area contributed by atoms with Crippen molar-refractivity contribution in [2.75, 3.05) is 0 Å². The quantitative estimate of drug-likeness (QED) is 0.321. The fraction of sp³-hybridized carbons (Fsp3) is 0.474. The Morgan fingerprint density at radius 1 is 0.952 bits per heavy atom. The molecular weight excluding hydrogens is 272 g/mol. The van der Waals surface area contributed by atoms with E-state index < -0.39 is 8.32 Å². The van der Waals surface area contributed by atoms with Crippen molar-refractivity contribution in [1.29, 1.82) is 0 Å². The molecule has 1 aromatic rings. The third-order valence-corrected chi connectivity index (χ3v) is 10.3. The Balaban J connectivity index is 2.89. The van der Waals surface area contributed by atoms with Gasteiger partial charge in [0, 0.05) is 0 Å². The second kappa shape index (κ2) is 7.65. The van der Waals surface area contributed by atoms with Gasteiger partial charge in [-0.05, 0) is 28.3 Å². The van der Waals surface area contributed by atoms with Gasteiger partial charge in [0.05, 0.1) is 5.76 Å². The molecular formula is C19H30OSi. The lowest BCUT2D eigenvalue weighted by Crippen LogP contribution is -2.47. The minimum absolute atomic E-state index is 0.569. The van der Waals surface area contributed by atoms with E-state index in [4.69, 9.17) is 4.43 Å². The highest BCUT2D eigenvalue weighted by molar-refractivity contribution is 6.77. The van der Waals surface area contributed by atoms with E-state index in [0.717, 1.165) is 5.76 Å². The standard InChI is InChI=1S/C19H30OSi/c1-15(2)21(16(3)4,17(5)6)20-18(7)13-14-19-11-9-8-10-12-19/h8-17H,7H2,1-6H3/b14-13+. The molecule has 0 unspecified atom stereocenters. The lowest BCUT2D eigenvalue weighted by Gasteiger charge is -2.42. The highest BCUT2D eigenvalue weighted by Crippen LogP contribution is 2.43. The van der Waals surface area contributed by atoms with Gasteiger partial charge in [-0.15, -0.1) is 0 Å². The topological polar surface area (TPSA) is 9.23 Å². The third kappa shape index (κ3) is 4.34. The van der Waals surface area contributed by atoms with Gasteiger partial charge in [-0.25, -0.2) is 0 Å². The van der Waals surface area contributed by atoms with Gasteiger partial charge < -0.3 is 4.43 Å². The summed E-state index contributed by atoms with van der Waals surface area (Å²) in [6.45, 7) is 17.9. The Morgan fingerprint density at radius 3 is 1.86 bits per heavy atom. The maximum Gasteiger partial charge on any atom is 0.258 e. The average molecular weight is 303 g/mol. The first-order valence-corrected chi connectivity index (χ1v) is 10.1. The van der Waals surface area contributed by atoms with Crippen LogP contribution in [0.3, 0.4) is 0 Å². The van der Waals surface area contributed by atoms with E-state index in [9.17, 15) is 0 Å². The summed E-state index contributed by atoms with van der Waals surface area (Å²) < 4.78 is 6.50. The van der Waals surface area contributed by atoms with Crippen LogP contribution in [0.15, 0.2) is 48.7 Å². The largest absolute Gasteiger partial charge is 0.543 e. The summed E-state index contributed by atoms with van der Waals surface area (Å²) in [4.78, 5) is 0. The molecule has 0 atom stereocenters. The van der Waals surface area contributed by atoms with Gasteiger partial charge in [-0.1, -0.05) is 84.5 Å². The summed E-state index contributed by atoms with van der Waals surface area (Å²) in [7, 11) is -1.88. The Kier molecular flexibility index (Phi) is 6.47. The van der Waals surface area contributed by atoms with E-state index in [1.165, 1.54) is 5.56 Å². The summed E-state index contributed by atoms with van der Waals surface area (Å²) in [5, 5.41) is 0. The van der Waals surface area contributed by atoms with E-state index >= 15 is 0 Å². The van der Waals surface area contributed by atoms with Crippen molar-refractivity contribution in [1.82, 2.24) is 0 Å². The molecule has 0 fully saturated rings. The van der Waals surface area contributed by atoms with Crippen molar-refractivity contribution in [2.45, 2.75) is 58.2 Å². The maximum atomic E-state index is 6.50. The van der Waals surface area contributed by atoms with E-state index in [-0.39, 0.29) is 0 Å². The van der Waals surface area contributed by atoms with E-state index in [0.29, 0.717) is 16.6 Å². The van der Waals surface area contributed by atoms with Crippen LogP contribution < -0.4 is 0 Å². The Bertz CT molecular complexity index is 450. The van der Waals surface area contributed by atoms with Crippen LogP contribution in [-0.4, -0.2) is 8.32 Å². The van der Waals surface area contributed by atoms with Crippen molar-refractivity contribution in [3.05, 3.63) is 54.3 Å². The average Bonchev–Trinajstić information content (AvgIpc) is 2.42. The van der Waals surface area contributed by atoms with Crippen LogP contribution in [0.25, 0.3) is 6.08 Å². The number of hydrogen-bond donors (Lipinski definition) is 0. The summed E-state index contributed by atoms with van der Waals surface area (Å²) in [5.74, 6) is 0.793. The molecule has 0 amide bonds. The first kappa shape index (κ1) is 17.8. The monoisotopic (exact) mass is 302 g/mol. The van der Waals surface area contributed by atoms with Crippen LogP contribution in [-0.2, 0) is 4.43 Å². The van der Waals surface area contributed by atoms with Crippen molar-refractivity contribution in [3.63, 3.8) is 0 Å². The number of benzene rings is 1. The van der Waals surface area contributed by atoms with Crippen molar-refractivity contribution in [2.24, 2.45) is 0 Å². The van der Waals surface area contributed by atoms with Gasteiger partial charge >= 0.3 is 0 Å². The second-order valence-electron chi connectivity index (χ2n) is 6.63. The zero-order valence-corrected chi connectivity index (χ0v) is 15.4. The Morgan fingerprint density at radius 2 is 1.43 bits per heavy atom. The molecule has 0 aliphatic heterocycles. The van der Waals surface area contributed by atoms with E-state index in [2.05, 4.69) is 66.3 Å². The molecule has 2 heteroatoms. The van der Waals surface area contributed by atoms with Crippen molar-refractivity contribution in [3.8, 4) is 0 Å². The predicted molar refractivity (Wildman–Crippen MR) is 96.7 cm³/mol. The lowest BCUT2D eigenvalue weighted by atomic mass is 10.2. The van der Waals surface area contributed by atoms with Crippen LogP contribution in [0.5, 0.6) is 0 Å². The van der Waals surface area contributed by atoms with E-state index in [1.54, 1.807) is 0 Å². The Labute approximate surface area is 131 Å². The molecule has 0 radical (unpaired) electrons. The SMILES string of the molecule is C=C(/C=C/c1ccccc1)O[Si](C(C)C)(C(C)C)C(C)C. The molecule has 1 rings (SSSR count). The molecule has 0 aliphatic rings. The molecule has 0 heterocycles. The molecule has 0 bridgehead atoms. The van der Waals surface area contributed by atoms with Crippen LogP contribution in [0.4, 0.5) is 0 Å². The molecule has 1 aromatic carbocycles. The van der Waals surface area contributed by atoms with Gasteiger partial charge in [-0.2, -0.15) is 0 Å². The highest BCUT2D eigenvalue weighted by Gasteiger charge is 2.46. The smallest absolute Gasteiger partial charge is 0.258 e. The minimum atomic E-state index is -1.88. The summed E-state index contributed by atoms with van der Waals surface area (Å²) in [6.07, 6.45) is 4.08. The molecule has 1 nitrogen and oxygen atoms in total. The Hall–Kier alpha value is -1.28. The third-order valence-electron chi connectivity index (χ3n) is 4.28. The fourth-order valence-electron chi connectivity index (χ4n) is 3.37. The van der Waals surface area contributed by atoms with Crippen LogP contribution in [0.2, 0.25) is 16.6 Å². The lowest BCUT2D eigenvalue weighted by molar-refractivity contribution is 0.389. The van der Waals surface area contributed by atoms with Crippen molar-refractivity contribution < 1.29 is 4.43 Å². The van der Waals surface area contributed by atoms with E-state index in [1.807, 2.05) is 24.3 Å². The van der Waals surface area contributed by atoms with Gasteiger partial charge in [-0.3, -0.25) is 0 Å². The molecule has 0 aromatic heterocycles. The zero-order valence-electron chi connectivity index (χ0n) is 14.4. The fourth-order valence-corrected chi connectivity index (χ4v) is 8.60. The number of hydrogen-bond acceptors (Lipinski definition) is 1.